The summed E-state index contributed by atoms with van der Waals surface area (Å²) in [6.45, 7) is 6.87. The zero-order valence-electron chi connectivity index (χ0n) is 20.0. The number of β-amino-alcohol motifs (C(OH)–C–C–N with tert-alkyl or cyclic N) is 1. The number of benzene rings is 2. The number of carboxylic acids is 1. The second kappa shape index (κ2) is 8.84. The Kier molecular flexibility index (Phi) is 6.00. The van der Waals surface area contributed by atoms with Gasteiger partial charge in [0.2, 0.25) is 0 Å². The van der Waals surface area contributed by atoms with E-state index in [9.17, 15) is 15.0 Å². The molecule has 1 fully saturated rings. The Morgan fingerprint density at radius 2 is 2.09 bits per heavy atom. The fourth-order valence-corrected chi connectivity index (χ4v) is 5.68. The molecule has 0 unspecified atom stereocenters. The topological polar surface area (TPSA) is 91.9 Å². The minimum Gasteiger partial charge on any atom is -0.481 e. The summed E-state index contributed by atoms with van der Waals surface area (Å²) in [6, 6.07) is 14.3. The van der Waals surface area contributed by atoms with Crippen molar-refractivity contribution < 1.29 is 24.2 Å². The Balaban J connectivity index is 1.14. The smallest absolute Gasteiger partial charge is 0.307 e. The van der Waals surface area contributed by atoms with Gasteiger partial charge >= 0.3 is 5.97 Å². The molecule has 2 aliphatic rings. The number of aliphatic carboxylic acids is 1. The molecule has 0 amide bonds. The van der Waals surface area contributed by atoms with Gasteiger partial charge in [0.1, 0.15) is 5.58 Å². The van der Waals surface area contributed by atoms with Gasteiger partial charge < -0.3 is 24.7 Å². The molecule has 34 heavy (non-hydrogen) atoms. The molecular formula is C28H33NO5. The van der Waals surface area contributed by atoms with Gasteiger partial charge in [0, 0.05) is 23.4 Å². The van der Waals surface area contributed by atoms with Crippen LogP contribution in [0.1, 0.15) is 55.0 Å². The number of carboxylic acid groups (broad SMARTS) is 1. The maximum atomic E-state index is 11.5. The molecule has 3 aromatic rings. The third kappa shape index (κ3) is 4.50. The van der Waals surface area contributed by atoms with Crippen molar-refractivity contribution in [2.45, 2.75) is 57.3 Å². The predicted molar refractivity (Wildman–Crippen MR) is 130 cm³/mol. The van der Waals surface area contributed by atoms with E-state index in [-0.39, 0.29) is 36.0 Å². The van der Waals surface area contributed by atoms with E-state index in [1.54, 1.807) is 6.26 Å². The van der Waals surface area contributed by atoms with Crippen LogP contribution in [0.25, 0.3) is 11.0 Å². The Labute approximate surface area is 199 Å². The van der Waals surface area contributed by atoms with Gasteiger partial charge in [-0.25, -0.2) is 0 Å². The molecule has 6 heteroatoms. The summed E-state index contributed by atoms with van der Waals surface area (Å²) in [7, 11) is 0. The lowest BCUT2D eigenvalue weighted by molar-refractivity contribution is -0.139. The summed E-state index contributed by atoms with van der Waals surface area (Å²) >= 11 is 0. The maximum absolute atomic E-state index is 11.5. The van der Waals surface area contributed by atoms with Gasteiger partial charge in [0.25, 0.3) is 0 Å². The van der Waals surface area contributed by atoms with Crippen LogP contribution in [-0.4, -0.2) is 41.0 Å². The van der Waals surface area contributed by atoms with Crippen LogP contribution in [0.4, 0.5) is 0 Å². The third-order valence-electron chi connectivity index (χ3n) is 7.43. The number of hydrogen-bond donors (Lipinski definition) is 3. The highest BCUT2D eigenvalue weighted by atomic mass is 16.5. The van der Waals surface area contributed by atoms with Gasteiger partial charge in [-0.15, -0.1) is 0 Å². The molecule has 5 rings (SSSR count). The molecule has 1 heterocycles. The van der Waals surface area contributed by atoms with E-state index in [4.69, 9.17) is 9.15 Å². The molecule has 1 aromatic heterocycles. The number of rotatable bonds is 10. The van der Waals surface area contributed by atoms with Gasteiger partial charge in [-0.1, -0.05) is 24.3 Å². The van der Waals surface area contributed by atoms with E-state index in [0.717, 1.165) is 34.9 Å². The standard InChI is InChI=1S/C28H33NO5/c1-16(21-6-4-5-19-12-22-25(24(19)21)26(22)27(31)32)34-15-20(30)14-29-28(2,3)13-17-7-8-23-18(11-17)9-10-33-23/h4-11,16,20,22,25-26,29-30H,12-15H2,1-3H3,(H,31,32)/t16-,20-,22+,25+,26-/m1/s1. The van der Waals surface area contributed by atoms with Crippen molar-refractivity contribution in [2.24, 2.45) is 11.8 Å². The van der Waals surface area contributed by atoms with Crippen LogP contribution >= 0.6 is 0 Å². The predicted octanol–water partition coefficient (Wildman–Crippen LogP) is 4.45. The number of furan rings is 1. The zero-order chi connectivity index (χ0) is 24.0. The molecule has 2 aliphatic carbocycles. The maximum Gasteiger partial charge on any atom is 0.307 e. The van der Waals surface area contributed by atoms with Crippen molar-refractivity contribution in [1.82, 2.24) is 5.32 Å². The summed E-state index contributed by atoms with van der Waals surface area (Å²) in [5.74, 6) is -0.611. The summed E-state index contributed by atoms with van der Waals surface area (Å²) in [6.07, 6.45) is 2.52. The minimum atomic E-state index is -0.696. The fourth-order valence-electron chi connectivity index (χ4n) is 5.68. The van der Waals surface area contributed by atoms with Crippen LogP contribution in [-0.2, 0) is 22.4 Å². The first-order valence-corrected chi connectivity index (χ1v) is 12.1. The first-order valence-electron chi connectivity index (χ1n) is 12.1. The van der Waals surface area contributed by atoms with Gasteiger partial charge in [-0.3, -0.25) is 4.79 Å². The second-order valence-corrected chi connectivity index (χ2v) is 10.5. The number of aliphatic hydroxyl groups excluding tert-OH is 1. The van der Waals surface area contributed by atoms with Gasteiger partial charge in [-0.05, 0) is 80.0 Å². The third-order valence-corrected chi connectivity index (χ3v) is 7.43. The Bertz CT molecular complexity index is 1200. The van der Waals surface area contributed by atoms with Crippen LogP contribution in [0.15, 0.2) is 53.1 Å². The molecule has 0 radical (unpaired) electrons. The minimum absolute atomic E-state index is 0.114. The molecule has 0 bridgehead atoms. The number of carbonyl (C=O) groups is 1. The molecule has 0 spiro atoms. The average molecular weight is 464 g/mol. The van der Waals surface area contributed by atoms with E-state index < -0.39 is 12.1 Å². The summed E-state index contributed by atoms with van der Waals surface area (Å²) < 4.78 is 11.5. The van der Waals surface area contributed by atoms with E-state index in [0.29, 0.717) is 6.54 Å². The Morgan fingerprint density at radius 1 is 1.26 bits per heavy atom. The lowest BCUT2D eigenvalue weighted by Gasteiger charge is -2.28. The number of ether oxygens (including phenoxy) is 1. The Morgan fingerprint density at radius 3 is 2.88 bits per heavy atom. The van der Waals surface area contributed by atoms with Crippen molar-refractivity contribution in [3.63, 3.8) is 0 Å². The van der Waals surface area contributed by atoms with Crippen LogP contribution in [0, 0.1) is 11.8 Å². The van der Waals surface area contributed by atoms with Gasteiger partial charge in [0.15, 0.2) is 0 Å². The highest BCUT2D eigenvalue weighted by Crippen LogP contribution is 2.62. The van der Waals surface area contributed by atoms with Crippen molar-refractivity contribution in [2.75, 3.05) is 13.2 Å². The van der Waals surface area contributed by atoms with E-state index >= 15 is 0 Å². The van der Waals surface area contributed by atoms with Crippen LogP contribution in [0.5, 0.6) is 0 Å². The number of hydrogen-bond acceptors (Lipinski definition) is 5. The molecule has 2 aromatic carbocycles. The molecule has 0 aliphatic heterocycles. The number of fused-ring (bicyclic) bond motifs is 4. The van der Waals surface area contributed by atoms with E-state index in [2.05, 4.69) is 37.4 Å². The molecule has 3 N–H and O–H groups in total. The molecule has 1 saturated carbocycles. The SMILES string of the molecule is C[C@@H](OC[C@H](O)CNC(C)(C)Cc1ccc2occc2c1)c1cccc2c1[C@@H]1[C@H](C2)[C@H]1C(=O)O. The molecule has 5 atom stereocenters. The summed E-state index contributed by atoms with van der Waals surface area (Å²) in [5.41, 5.74) is 5.37. The Hall–Kier alpha value is -2.67. The number of nitrogens with one attached hydrogen (secondary N) is 1. The largest absolute Gasteiger partial charge is 0.481 e. The van der Waals surface area contributed by atoms with E-state index in [1.165, 1.54) is 11.1 Å². The molecular weight excluding hydrogens is 430 g/mol. The zero-order valence-corrected chi connectivity index (χ0v) is 20.0. The lowest BCUT2D eigenvalue weighted by Crippen LogP contribution is -2.46. The fraction of sp³-hybridized carbons (Fsp3) is 0.464. The summed E-state index contributed by atoms with van der Waals surface area (Å²) in [4.78, 5) is 11.5. The van der Waals surface area contributed by atoms with Crippen molar-refractivity contribution >= 4 is 16.9 Å². The summed E-state index contributed by atoms with van der Waals surface area (Å²) in [5, 5.41) is 24.6. The van der Waals surface area contributed by atoms with Crippen LogP contribution in [0.3, 0.4) is 0 Å². The molecule has 0 saturated heterocycles. The van der Waals surface area contributed by atoms with Crippen molar-refractivity contribution in [3.8, 4) is 0 Å². The first-order chi connectivity index (χ1) is 16.2. The van der Waals surface area contributed by atoms with Crippen molar-refractivity contribution in [1.29, 1.82) is 0 Å². The monoisotopic (exact) mass is 463 g/mol. The van der Waals surface area contributed by atoms with Crippen molar-refractivity contribution in [3.05, 3.63) is 71.0 Å². The lowest BCUT2D eigenvalue weighted by atomic mass is 9.94. The van der Waals surface area contributed by atoms with Crippen LogP contribution < -0.4 is 5.32 Å². The normalized spacial score (nSPS) is 22.9. The van der Waals surface area contributed by atoms with Gasteiger partial charge in [-0.2, -0.15) is 0 Å². The quantitative estimate of drug-likeness (QED) is 0.411. The van der Waals surface area contributed by atoms with E-state index in [1.807, 2.05) is 31.2 Å². The second-order valence-electron chi connectivity index (χ2n) is 10.5. The average Bonchev–Trinajstić information content (AvgIpc) is 3.12. The highest BCUT2D eigenvalue weighted by molar-refractivity contribution is 5.78. The first kappa shape index (κ1) is 23.1. The number of aliphatic hydroxyl groups is 1. The molecule has 180 valence electrons. The van der Waals surface area contributed by atoms with Gasteiger partial charge in [0.05, 0.1) is 31.0 Å². The van der Waals surface area contributed by atoms with Crippen LogP contribution in [0.2, 0.25) is 0 Å². The highest BCUT2D eigenvalue weighted by Gasteiger charge is 2.60. The molecule has 6 nitrogen and oxygen atoms in total.